The normalized spacial score (nSPS) is 25.8. The van der Waals surface area contributed by atoms with E-state index in [1.165, 1.54) is 9.58 Å². The largest absolute Gasteiger partial charge is 0.366 e. The first-order chi connectivity index (χ1) is 16.4. The standard InChI is InChI=1S/C24H29ClN6O3/c1-17-7-5-6-10-24(17)22(33)30(23(34)27-24)16-28-11-13-29(14-12-28)19-15-26-31(21(32)20(19)25)18-8-3-2-4-9-18/h2-4,8-9,15,17H,5-7,10-14,16H2,1H3,(H,27,34)/t17-,24-/m0/s1. The fourth-order valence-corrected chi connectivity index (χ4v) is 5.60. The van der Waals surface area contributed by atoms with E-state index in [1.54, 1.807) is 18.3 Å². The van der Waals surface area contributed by atoms with E-state index in [9.17, 15) is 14.4 Å². The number of hydrogen-bond donors (Lipinski definition) is 1. The van der Waals surface area contributed by atoms with Gasteiger partial charge in [0.1, 0.15) is 10.6 Å². The third-order valence-electron chi connectivity index (χ3n) is 7.46. The van der Waals surface area contributed by atoms with Gasteiger partial charge in [0.2, 0.25) is 0 Å². The Morgan fingerprint density at radius 2 is 1.82 bits per heavy atom. The van der Waals surface area contributed by atoms with Crippen LogP contribution in [0, 0.1) is 5.92 Å². The van der Waals surface area contributed by atoms with Gasteiger partial charge in [-0.3, -0.25) is 14.5 Å². The van der Waals surface area contributed by atoms with Gasteiger partial charge in [0, 0.05) is 26.2 Å². The number of urea groups is 1. The van der Waals surface area contributed by atoms with Crippen LogP contribution in [0.1, 0.15) is 32.6 Å². The van der Waals surface area contributed by atoms with Crippen molar-refractivity contribution in [2.24, 2.45) is 5.92 Å². The smallest absolute Gasteiger partial charge is 0.326 e. The maximum absolute atomic E-state index is 13.2. The number of rotatable bonds is 4. The maximum Gasteiger partial charge on any atom is 0.326 e. The molecule has 180 valence electrons. The predicted molar refractivity (Wildman–Crippen MR) is 129 cm³/mol. The summed E-state index contributed by atoms with van der Waals surface area (Å²) in [5.74, 6) is 0.0519. The van der Waals surface area contributed by atoms with Gasteiger partial charge in [-0.1, -0.05) is 49.6 Å². The summed E-state index contributed by atoms with van der Waals surface area (Å²) in [5.41, 5.74) is 0.158. The molecule has 10 heteroatoms. The lowest BCUT2D eigenvalue weighted by atomic mass is 9.73. The average molecular weight is 485 g/mol. The summed E-state index contributed by atoms with van der Waals surface area (Å²) in [6.45, 7) is 4.83. The summed E-state index contributed by atoms with van der Waals surface area (Å²) in [5, 5.41) is 7.47. The molecule has 34 heavy (non-hydrogen) atoms. The summed E-state index contributed by atoms with van der Waals surface area (Å²) in [6.07, 6.45) is 5.35. The van der Waals surface area contributed by atoms with E-state index in [0.717, 1.165) is 19.3 Å². The second-order valence-electron chi connectivity index (χ2n) is 9.42. The number of aromatic nitrogens is 2. The number of piperazine rings is 1. The molecule has 3 aliphatic rings. The Morgan fingerprint density at radius 3 is 2.53 bits per heavy atom. The van der Waals surface area contributed by atoms with Gasteiger partial charge in [-0.25, -0.2) is 9.69 Å². The summed E-state index contributed by atoms with van der Waals surface area (Å²) in [6, 6.07) is 8.87. The molecular weight excluding hydrogens is 456 g/mol. The van der Waals surface area contributed by atoms with Crippen LogP contribution in [0.2, 0.25) is 5.02 Å². The van der Waals surface area contributed by atoms with Gasteiger partial charge in [-0.15, -0.1) is 0 Å². The number of carbonyl (C=O) groups is 2. The van der Waals surface area contributed by atoms with E-state index in [0.29, 0.717) is 44.0 Å². The van der Waals surface area contributed by atoms with Crippen molar-refractivity contribution >= 4 is 29.2 Å². The second-order valence-corrected chi connectivity index (χ2v) is 9.80. The van der Waals surface area contributed by atoms with Crippen molar-refractivity contribution in [3.8, 4) is 5.69 Å². The fourth-order valence-electron chi connectivity index (χ4n) is 5.35. The van der Waals surface area contributed by atoms with Crippen LogP contribution in [0.3, 0.4) is 0 Å². The van der Waals surface area contributed by atoms with Crippen LogP contribution < -0.4 is 15.8 Å². The van der Waals surface area contributed by atoms with Crippen LogP contribution in [-0.4, -0.2) is 69.9 Å². The highest BCUT2D eigenvalue weighted by Gasteiger charge is 2.55. The Morgan fingerprint density at radius 1 is 1.09 bits per heavy atom. The molecule has 2 saturated heterocycles. The highest BCUT2D eigenvalue weighted by atomic mass is 35.5. The van der Waals surface area contributed by atoms with E-state index in [-0.39, 0.29) is 35.1 Å². The van der Waals surface area contributed by atoms with Gasteiger partial charge in [0.15, 0.2) is 0 Å². The lowest BCUT2D eigenvalue weighted by molar-refractivity contribution is -0.135. The molecule has 0 unspecified atom stereocenters. The van der Waals surface area contributed by atoms with Crippen LogP contribution >= 0.6 is 11.6 Å². The average Bonchev–Trinajstić information content (AvgIpc) is 3.08. The Labute approximate surface area is 203 Å². The molecule has 9 nitrogen and oxygen atoms in total. The minimum atomic E-state index is -0.737. The second kappa shape index (κ2) is 9.03. The Bertz CT molecular complexity index is 1150. The number of nitrogens with zero attached hydrogens (tertiary/aromatic N) is 5. The van der Waals surface area contributed by atoms with Gasteiger partial charge in [0.25, 0.3) is 11.5 Å². The third kappa shape index (κ3) is 3.86. The quantitative estimate of drug-likeness (QED) is 0.670. The molecule has 1 spiro atoms. The first-order valence-corrected chi connectivity index (χ1v) is 12.2. The lowest BCUT2D eigenvalue weighted by Gasteiger charge is -2.38. The number of nitrogens with one attached hydrogen (secondary N) is 1. The van der Waals surface area contributed by atoms with Crippen molar-refractivity contribution < 1.29 is 9.59 Å². The molecule has 1 aromatic carbocycles. The summed E-state index contributed by atoms with van der Waals surface area (Å²) < 4.78 is 1.29. The molecule has 3 amide bonds. The van der Waals surface area contributed by atoms with E-state index in [1.807, 2.05) is 23.1 Å². The molecule has 0 radical (unpaired) electrons. The maximum atomic E-state index is 13.2. The Kier molecular flexibility index (Phi) is 6.07. The monoisotopic (exact) mass is 484 g/mol. The SMILES string of the molecule is C[C@H]1CCCC[C@]12NC(=O)N(CN1CCN(c3cnn(-c4ccccc4)c(=O)c3Cl)CC1)C2=O. The van der Waals surface area contributed by atoms with Crippen LogP contribution in [-0.2, 0) is 4.79 Å². The van der Waals surface area contributed by atoms with E-state index >= 15 is 0 Å². The Balaban J connectivity index is 1.24. The molecule has 0 bridgehead atoms. The molecule has 1 saturated carbocycles. The predicted octanol–water partition coefficient (Wildman–Crippen LogP) is 2.47. The zero-order chi connectivity index (χ0) is 23.9. The Hall–Kier alpha value is -2.91. The molecule has 3 heterocycles. The highest BCUT2D eigenvalue weighted by molar-refractivity contribution is 6.33. The van der Waals surface area contributed by atoms with Crippen LogP contribution in [0.5, 0.6) is 0 Å². The molecule has 2 aliphatic heterocycles. The number of halogens is 1. The minimum Gasteiger partial charge on any atom is -0.366 e. The van der Waals surface area contributed by atoms with Gasteiger partial charge in [0.05, 0.1) is 24.2 Å². The summed E-state index contributed by atoms with van der Waals surface area (Å²) in [7, 11) is 0. The zero-order valence-corrected chi connectivity index (χ0v) is 20.0. The topological polar surface area (TPSA) is 90.8 Å². The molecule has 5 rings (SSSR count). The fraction of sp³-hybridized carbons (Fsp3) is 0.500. The van der Waals surface area contributed by atoms with Gasteiger partial charge < -0.3 is 10.2 Å². The van der Waals surface area contributed by atoms with Crippen molar-refractivity contribution in [3.63, 3.8) is 0 Å². The lowest BCUT2D eigenvalue weighted by Crippen LogP contribution is -2.55. The number of imide groups is 1. The molecular formula is C24H29ClN6O3. The molecule has 3 fully saturated rings. The van der Waals surface area contributed by atoms with Gasteiger partial charge in [-0.05, 0) is 30.9 Å². The number of carbonyl (C=O) groups excluding carboxylic acids is 2. The minimum absolute atomic E-state index is 0.0936. The first kappa shape index (κ1) is 22.9. The zero-order valence-electron chi connectivity index (χ0n) is 19.2. The van der Waals surface area contributed by atoms with Gasteiger partial charge >= 0.3 is 6.03 Å². The van der Waals surface area contributed by atoms with Crippen molar-refractivity contribution in [2.75, 3.05) is 37.7 Å². The molecule has 2 atom stereocenters. The van der Waals surface area contributed by atoms with E-state index in [4.69, 9.17) is 11.6 Å². The summed E-state index contributed by atoms with van der Waals surface area (Å²) >= 11 is 6.46. The molecule has 1 N–H and O–H groups in total. The number of hydrogen-bond acceptors (Lipinski definition) is 6. The molecule has 2 aromatic rings. The van der Waals surface area contributed by atoms with Crippen LogP contribution in [0.25, 0.3) is 5.69 Å². The van der Waals surface area contributed by atoms with Crippen molar-refractivity contribution in [1.82, 2.24) is 24.9 Å². The number of benzene rings is 1. The molecule has 1 aliphatic carbocycles. The number of amides is 3. The third-order valence-corrected chi connectivity index (χ3v) is 7.81. The van der Waals surface area contributed by atoms with Crippen molar-refractivity contribution in [1.29, 1.82) is 0 Å². The van der Waals surface area contributed by atoms with Crippen molar-refractivity contribution in [2.45, 2.75) is 38.1 Å². The van der Waals surface area contributed by atoms with Crippen LogP contribution in [0.15, 0.2) is 41.3 Å². The molecule has 1 aromatic heterocycles. The van der Waals surface area contributed by atoms with E-state index < -0.39 is 5.54 Å². The van der Waals surface area contributed by atoms with Crippen molar-refractivity contribution in [3.05, 3.63) is 51.9 Å². The van der Waals surface area contributed by atoms with Gasteiger partial charge in [-0.2, -0.15) is 9.78 Å². The highest BCUT2D eigenvalue weighted by Crippen LogP contribution is 2.38. The summed E-state index contributed by atoms with van der Waals surface area (Å²) in [4.78, 5) is 44.2. The number of anilines is 1. The van der Waals surface area contributed by atoms with Crippen LogP contribution in [0.4, 0.5) is 10.5 Å². The van der Waals surface area contributed by atoms with E-state index in [2.05, 4.69) is 22.2 Å². The number of para-hydroxylation sites is 1. The first-order valence-electron chi connectivity index (χ1n) is 11.9.